The second kappa shape index (κ2) is 6.64. The second-order valence-electron chi connectivity index (χ2n) is 6.76. The van der Waals surface area contributed by atoms with Gasteiger partial charge in [-0.15, -0.1) is 11.3 Å². The van der Waals surface area contributed by atoms with E-state index in [0.29, 0.717) is 27.0 Å². The van der Waals surface area contributed by atoms with Crippen LogP contribution in [-0.2, 0) is 9.59 Å². The predicted octanol–water partition coefficient (Wildman–Crippen LogP) is 3.93. The van der Waals surface area contributed by atoms with Gasteiger partial charge in [-0.3, -0.25) is 19.4 Å². The molecule has 3 rings (SSSR count). The van der Waals surface area contributed by atoms with Gasteiger partial charge < -0.3 is 0 Å². The van der Waals surface area contributed by atoms with Crippen molar-refractivity contribution in [2.45, 2.75) is 32.2 Å². The first-order valence-corrected chi connectivity index (χ1v) is 9.31. The number of hydrazine groups is 1. The maximum Gasteiger partial charge on any atom is 0.263 e. The van der Waals surface area contributed by atoms with Crippen LogP contribution in [0.4, 0.5) is 5.69 Å². The zero-order valence-corrected chi connectivity index (χ0v) is 16.5. The van der Waals surface area contributed by atoms with E-state index in [1.54, 1.807) is 26.2 Å². The molecular weight excluding hydrogens is 397 g/mol. The van der Waals surface area contributed by atoms with Crippen LogP contribution < -0.4 is 5.01 Å². The van der Waals surface area contributed by atoms with E-state index >= 15 is 0 Å². The lowest BCUT2D eigenvalue weighted by atomic mass is 10.00. The Hall–Kier alpha value is -1.96. The third-order valence-electron chi connectivity index (χ3n) is 3.90. The van der Waals surface area contributed by atoms with Crippen LogP contribution in [0.2, 0.25) is 10.0 Å². The molecule has 2 aromatic heterocycles. The van der Waals surface area contributed by atoms with Crippen LogP contribution >= 0.6 is 34.5 Å². The lowest BCUT2D eigenvalue weighted by molar-refractivity contribution is -0.132. The van der Waals surface area contributed by atoms with E-state index < -0.39 is 23.1 Å². The molecule has 2 amide bonds. The molecule has 9 heteroatoms. The van der Waals surface area contributed by atoms with Crippen molar-refractivity contribution in [2.75, 3.05) is 5.01 Å². The topological polar surface area (TPSA) is 70.6 Å². The maximum atomic E-state index is 13.1. The maximum absolute atomic E-state index is 13.1. The van der Waals surface area contributed by atoms with Crippen LogP contribution in [0.15, 0.2) is 23.7 Å². The van der Waals surface area contributed by atoms with Crippen molar-refractivity contribution < 1.29 is 14.4 Å². The van der Waals surface area contributed by atoms with E-state index in [4.69, 9.17) is 23.2 Å². The van der Waals surface area contributed by atoms with Crippen molar-refractivity contribution in [2.24, 2.45) is 0 Å². The summed E-state index contributed by atoms with van der Waals surface area (Å²) in [5, 5.41) is 4.76. The van der Waals surface area contributed by atoms with E-state index in [-0.39, 0.29) is 5.69 Å². The Kier molecular flexibility index (Phi) is 4.81. The van der Waals surface area contributed by atoms with Gasteiger partial charge in [-0.1, -0.05) is 23.2 Å². The van der Waals surface area contributed by atoms with Gasteiger partial charge in [-0.05, 0) is 32.9 Å². The van der Waals surface area contributed by atoms with Crippen LogP contribution in [-0.4, -0.2) is 33.6 Å². The Labute approximate surface area is 164 Å². The van der Waals surface area contributed by atoms with E-state index in [9.17, 15) is 14.4 Å². The molecule has 3 heterocycles. The van der Waals surface area contributed by atoms with Gasteiger partial charge in [0.25, 0.3) is 5.91 Å². The molecule has 2 aromatic rings. The summed E-state index contributed by atoms with van der Waals surface area (Å²) in [6, 6.07) is 3.04. The molecule has 0 aliphatic carbocycles. The molecule has 0 aromatic carbocycles. The normalized spacial score (nSPS) is 16.6. The largest absolute Gasteiger partial charge is 0.292 e. The molecule has 1 unspecified atom stereocenters. The minimum Gasteiger partial charge on any atom is -0.292 e. The lowest BCUT2D eigenvalue weighted by Crippen LogP contribution is -2.54. The third kappa shape index (κ3) is 3.11. The van der Waals surface area contributed by atoms with Gasteiger partial charge in [-0.25, -0.2) is 10.0 Å². The van der Waals surface area contributed by atoms with Gasteiger partial charge in [-0.2, -0.15) is 0 Å². The molecule has 0 spiro atoms. The summed E-state index contributed by atoms with van der Waals surface area (Å²) in [7, 11) is 0. The first kappa shape index (κ1) is 18.8. The quantitative estimate of drug-likeness (QED) is 0.434. The number of nitrogens with zero attached hydrogens (tertiary/aromatic N) is 3. The van der Waals surface area contributed by atoms with Crippen molar-refractivity contribution in [3.8, 4) is 0 Å². The summed E-state index contributed by atoms with van der Waals surface area (Å²) < 4.78 is 0. The number of carbonyl (C=O) groups excluding carboxylic acids is 3. The van der Waals surface area contributed by atoms with E-state index in [0.717, 1.165) is 11.3 Å². The number of ketones is 1. The van der Waals surface area contributed by atoms with Gasteiger partial charge in [0.2, 0.25) is 6.41 Å². The number of halogens is 2. The van der Waals surface area contributed by atoms with E-state index in [1.165, 1.54) is 28.3 Å². The van der Waals surface area contributed by atoms with Crippen molar-refractivity contribution in [3.05, 3.63) is 44.3 Å². The summed E-state index contributed by atoms with van der Waals surface area (Å²) in [6.07, 6.45) is 1.93. The molecule has 1 aliphatic heterocycles. The molecule has 0 fully saturated rings. The number of fused-ring (bicyclic) bond motifs is 1. The highest BCUT2D eigenvalue weighted by atomic mass is 35.5. The van der Waals surface area contributed by atoms with E-state index in [1.807, 2.05) is 0 Å². The standard InChI is InChI=1S/C17H15Cl2N3O3S/c1-17(2,3)21(8-23)22-11-4-9(18)6-20-14(11)13(16(22)25)15(24)12-5-10(19)7-26-12/h4-8,13H,1-3H3. The summed E-state index contributed by atoms with van der Waals surface area (Å²) in [4.78, 5) is 42.4. The molecule has 6 nitrogen and oxygen atoms in total. The highest BCUT2D eigenvalue weighted by Gasteiger charge is 2.48. The second-order valence-corrected chi connectivity index (χ2v) is 8.54. The molecule has 1 atom stereocenters. The summed E-state index contributed by atoms with van der Waals surface area (Å²) >= 11 is 13.1. The average Bonchev–Trinajstić information content (AvgIpc) is 3.09. The number of carbonyl (C=O) groups is 3. The minimum absolute atomic E-state index is 0.269. The number of pyridine rings is 1. The van der Waals surface area contributed by atoms with Gasteiger partial charge >= 0.3 is 0 Å². The molecular formula is C17H15Cl2N3O3S. The zero-order valence-electron chi connectivity index (χ0n) is 14.2. The Balaban J connectivity index is 2.13. The molecule has 0 N–H and O–H groups in total. The number of hydrogen-bond donors (Lipinski definition) is 0. The Bertz CT molecular complexity index is 907. The highest BCUT2D eigenvalue weighted by molar-refractivity contribution is 7.12. The number of rotatable bonds is 4. The van der Waals surface area contributed by atoms with Crippen LogP contribution in [0.5, 0.6) is 0 Å². The highest BCUT2D eigenvalue weighted by Crippen LogP contribution is 2.41. The van der Waals surface area contributed by atoms with Gasteiger partial charge in [0.15, 0.2) is 5.78 Å². The summed E-state index contributed by atoms with van der Waals surface area (Å²) in [5.74, 6) is -2.11. The van der Waals surface area contributed by atoms with Crippen LogP contribution in [0.3, 0.4) is 0 Å². The van der Waals surface area contributed by atoms with Gasteiger partial charge in [0.1, 0.15) is 5.92 Å². The smallest absolute Gasteiger partial charge is 0.263 e. The molecule has 0 bridgehead atoms. The zero-order chi connectivity index (χ0) is 19.2. The number of thiophene rings is 1. The Morgan fingerprint density at radius 2 is 2.00 bits per heavy atom. The fraction of sp³-hybridized carbons (Fsp3) is 0.294. The molecule has 136 valence electrons. The van der Waals surface area contributed by atoms with Crippen molar-refractivity contribution in [1.82, 2.24) is 9.99 Å². The number of amides is 2. The van der Waals surface area contributed by atoms with Crippen molar-refractivity contribution in [3.63, 3.8) is 0 Å². The van der Waals surface area contributed by atoms with Gasteiger partial charge in [0.05, 0.1) is 31.8 Å². The van der Waals surface area contributed by atoms with Gasteiger partial charge in [0, 0.05) is 11.6 Å². The SMILES string of the molecule is CC(C)(C)N(C=O)N1C(=O)C(C(=O)c2cc(Cl)cs2)c2ncc(Cl)cc21. The third-order valence-corrected chi connectivity index (χ3v) is 5.40. The molecule has 0 saturated carbocycles. The van der Waals surface area contributed by atoms with Crippen LogP contribution in [0.1, 0.15) is 42.1 Å². The first-order valence-electron chi connectivity index (χ1n) is 7.67. The fourth-order valence-electron chi connectivity index (χ4n) is 2.74. The molecule has 0 saturated heterocycles. The van der Waals surface area contributed by atoms with Crippen molar-refractivity contribution >= 4 is 58.3 Å². The molecule has 26 heavy (non-hydrogen) atoms. The number of aromatic nitrogens is 1. The number of Topliss-reactive ketones (excluding diaryl/α,β-unsaturated/α-hetero) is 1. The molecule has 0 radical (unpaired) electrons. The lowest BCUT2D eigenvalue weighted by Gasteiger charge is -2.38. The van der Waals surface area contributed by atoms with Crippen LogP contribution in [0.25, 0.3) is 0 Å². The Morgan fingerprint density at radius 3 is 2.54 bits per heavy atom. The fourth-order valence-corrected chi connectivity index (χ4v) is 3.93. The van der Waals surface area contributed by atoms with Crippen molar-refractivity contribution in [1.29, 1.82) is 0 Å². The summed E-state index contributed by atoms with van der Waals surface area (Å²) in [5.41, 5.74) is -0.100. The summed E-state index contributed by atoms with van der Waals surface area (Å²) in [6.45, 7) is 5.33. The first-order chi connectivity index (χ1) is 12.1. The van der Waals surface area contributed by atoms with E-state index in [2.05, 4.69) is 4.98 Å². The Morgan fingerprint density at radius 1 is 1.31 bits per heavy atom. The van der Waals surface area contributed by atoms with Crippen LogP contribution in [0, 0.1) is 0 Å². The minimum atomic E-state index is -1.15. The number of hydrogen-bond acceptors (Lipinski definition) is 5. The monoisotopic (exact) mass is 411 g/mol. The average molecular weight is 412 g/mol. The number of anilines is 1. The predicted molar refractivity (Wildman–Crippen MR) is 101 cm³/mol. The molecule has 1 aliphatic rings.